The maximum absolute atomic E-state index is 12.4. The lowest BCUT2D eigenvalue weighted by Gasteiger charge is -2.32. The summed E-state index contributed by atoms with van der Waals surface area (Å²) in [5.74, 6) is 0.882. The predicted octanol–water partition coefficient (Wildman–Crippen LogP) is 1.26. The van der Waals surface area contributed by atoms with Gasteiger partial charge in [-0.2, -0.15) is 0 Å². The number of ether oxygens (including phenoxy) is 1. The molecule has 0 saturated carbocycles. The van der Waals surface area contributed by atoms with Crippen LogP contribution in [0.15, 0.2) is 30.3 Å². The summed E-state index contributed by atoms with van der Waals surface area (Å²) in [5.41, 5.74) is 1.42. The third-order valence-electron chi connectivity index (χ3n) is 5.98. The lowest BCUT2D eigenvalue weighted by atomic mass is 9.90. The molecule has 28 heavy (non-hydrogen) atoms. The second-order valence-corrected chi connectivity index (χ2v) is 8.09. The minimum absolute atomic E-state index is 0.145. The first-order chi connectivity index (χ1) is 13.6. The number of amides is 2. The number of likely N-dealkylation sites (tertiary alicyclic amines) is 2. The van der Waals surface area contributed by atoms with Crippen molar-refractivity contribution in [2.45, 2.75) is 45.1 Å². The average Bonchev–Trinajstić information content (AvgIpc) is 2.71. The summed E-state index contributed by atoms with van der Waals surface area (Å²) in [6.45, 7) is 6.25. The zero-order chi connectivity index (χ0) is 19.8. The first-order valence-electron chi connectivity index (χ1n) is 10.7. The van der Waals surface area contributed by atoms with Crippen molar-refractivity contribution in [2.24, 2.45) is 5.92 Å². The summed E-state index contributed by atoms with van der Waals surface area (Å²) >= 11 is 0. The summed E-state index contributed by atoms with van der Waals surface area (Å²) in [7, 11) is 0. The van der Waals surface area contributed by atoms with E-state index in [9.17, 15) is 9.59 Å². The van der Waals surface area contributed by atoms with Crippen molar-refractivity contribution in [2.75, 3.05) is 39.3 Å². The Morgan fingerprint density at radius 2 is 1.79 bits per heavy atom. The van der Waals surface area contributed by atoms with Crippen LogP contribution in [-0.4, -0.2) is 62.3 Å². The van der Waals surface area contributed by atoms with Gasteiger partial charge in [-0.1, -0.05) is 30.3 Å². The normalized spacial score (nSPS) is 23.2. The third kappa shape index (κ3) is 6.23. The number of hydrogen-bond donors (Lipinski definition) is 2. The largest absolute Gasteiger partial charge is 0.450 e. The van der Waals surface area contributed by atoms with Gasteiger partial charge in [-0.3, -0.25) is 4.79 Å². The number of hydrogen-bond acceptors (Lipinski definition) is 3. The molecule has 0 unspecified atom stereocenters. The van der Waals surface area contributed by atoms with Crippen LogP contribution in [0.3, 0.4) is 0 Å². The molecule has 1 aromatic rings. The molecule has 3 rings (SSSR count). The fraction of sp³-hybridized carbons (Fsp3) is 0.636. The molecule has 6 nitrogen and oxygen atoms in total. The molecule has 0 atom stereocenters. The Hall–Kier alpha value is -2.08. The van der Waals surface area contributed by atoms with Gasteiger partial charge in [0.2, 0.25) is 0 Å². The summed E-state index contributed by atoms with van der Waals surface area (Å²) < 4.78 is 5.04. The van der Waals surface area contributed by atoms with Crippen molar-refractivity contribution < 1.29 is 19.2 Å². The van der Waals surface area contributed by atoms with Crippen LogP contribution < -0.4 is 10.2 Å². The molecule has 2 amide bonds. The first kappa shape index (κ1) is 20.6. The fourth-order valence-electron chi connectivity index (χ4n) is 4.34. The highest BCUT2D eigenvalue weighted by Gasteiger charge is 2.27. The standard InChI is InChI=1S/C22H33N3O3/c1-2-28-22(27)25-14-10-20(11-15-25)23-21(26)17-24-12-8-19(9-13-24)16-18-6-4-3-5-7-18/h3-7,19-20H,2,8-17H2,1H3,(H,23,26)/p+1. The van der Waals surface area contributed by atoms with Crippen LogP contribution in [0.4, 0.5) is 4.79 Å². The highest BCUT2D eigenvalue weighted by atomic mass is 16.6. The van der Waals surface area contributed by atoms with Crippen LogP contribution in [-0.2, 0) is 16.0 Å². The van der Waals surface area contributed by atoms with E-state index in [2.05, 4.69) is 35.6 Å². The first-order valence-corrected chi connectivity index (χ1v) is 10.7. The van der Waals surface area contributed by atoms with Crippen LogP contribution in [0.25, 0.3) is 0 Å². The number of quaternary nitrogens is 1. The van der Waals surface area contributed by atoms with Crippen LogP contribution >= 0.6 is 0 Å². The van der Waals surface area contributed by atoms with Crippen molar-refractivity contribution in [3.8, 4) is 0 Å². The van der Waals surface area contributed by atoms with Gasteiger partial charge in [0.25, 0.3) is 5.91 Å². The topological polar surface area (TPSA) is 63.1 Å². The maximum Gasteiger partial charge on any atom is 0.409 e. The molecule has 1 aromatic carbocycles. The van der Waals surface area contributed by atoms with Crippen molar-refractivity contribution in [1.29, 1.82) is 0 Å². The molecule has 2 N–H and O–H groups in total. The second kappa shape index (κ2) is 10.5. The van der Waals surface area contributed by atoms with E-state index in [1.54, 1.807) is 4.90 Å². The van der Waals surface area contributed by atoms with Gasteiger partial charge in [0.05, 0.1) is 19.7 Å². The molecule has 6 heteroatoms. The fourth-order valence-corrected chi connectivity index (χ4v) is 4.34. The smallest absolute Gasteiger partial charge is 0.409 e. The lowest BCUT2D eigenvalue weighted by Crippen LogP contribution is -3.14. The third-order valence-corrected chi connectivity index (χ3v) is 5.98. The Balaban J connectivity index is 1.32. The molecule has 0 radical (unpaired) electrons. The van der Waals surface area contributed by atoms with E-state index in [4.69, 9.17) is 4.74 Å². The minimum Gasteiger partial charge on any atom is -0.450 e. The van der Waals surface area contributed by atoms with Gasteiger partial charge in [-0.05, 0) is 50.5 Å². The number of benzene rings is 1. The number of nitrogens with zero attached hydrogens (tertiary/aromatic N) is 1. The van der Waals surface area contributed by atoms with Gasteiger partial charge >= 0.3 is 6.09 Å². The van der Waals surface area contributed by atoms with Crippen LogP contribution in [0, 0.1) is 5.92 Å². The monoisotopic (exact) mass is 388 g/mol. The molecule has 154 valence electrons. The van der Waals surface area contributed by atoms with Gasteiger partial charge in [0, 0.05) is 19.1 Å². The van der Waals surface area contributed by atoms with E-state index in [0.717, 1.165) is 38.3 Å². The Bertz CT molecular complexity index is 621. The molecule has 2 heterocycles. The van der Waals surface area contributed by atoms with Gasteiger partial charge in [0.15, 0.2) is 6.54 Å². The van der Waals surface area contributed by atoms with E-state index >= 15 is 0 Å². The molecule has 2 saturated heterocycles. The van der Waals surface area contributed by atoms with E-state index < -0.39 is 0 Å². The highest BCUT2D eigenvalue weighted by molar-refractivity contribution is 5.77. The number of piperidine rings is 2. The van der Waals surface area contributed by atoms with Crippen molar-refractivity contribution >= 4 is 12.0 Å². The average molecular weight is 389 g/mol. The van der Waals surface area contributed by atoms with E-state index in [-0.39, 0.29) is 18.0 Å². The summed E-state index contributed by atoms with van der Waals surface area (Å²) in [5, 5.41) is 3.17. The number of carbonyl (C=O) groups is 2. The predicted molar refractivity (Wildman–Crippen MR) is 108 cm³/mol. The maximum atomic E-state index is 12.4. The second-order valence-electron chi connectivity index (χ2n) is 8.09. The van der Waals surface area contributed by atoms with E-state index in [1.807, 2.05) is 6.92 Å². The lowest BCUT2D eigenvalue weighted by molar-refractivity contribution is -0.898. The number of carbonyl (C=O) groups excluding carboxylic acids is 2. The molecule has 0 spiro atoms. The van der Waals surface area contributed by atoms with Crippen LogP contribution in [0.5, 0.6) is 0 Å². The Kier molecular flexibility index (Phi) is 7.71. The minimum atomic E-state index is -0.241. The van der Waals surface area contributed by atoms with Crippen LogP contribution in [0.1, 0.15) is 38.2 Å². The summed E-state index contributed by atoms with van der Waals surface area (Å²) in [4.78, 5) is 27.3. The van der Waals surface area contributed by atoms with Gasteiger partial charge < -0.3 is 19.9 Å². The zero-order valence-electron chi connectivity index (χ0n) is 17.0. The summed E-state index contributed by atoms with van der Waals surface area (Å²) in [6.07, 6.45) is 4.90. The molecule has 0 bridgehead atoms. The Morgan fingerprint density at radius 1 is 1.11 bits per heavy atom. The molecule has 2 aliphatic heterocycles. The molecular formula is C22H34N3O3+. The number of nitrogens with one attached hydrogen (secondary N) is 2. The van der Waals surface area contributed by atoms with Gasteiger partial charge in [-0.15, -0.1) is 0 Å². The quantitative estimate of drug-likeness (QED) is 0.771. The van der Waals surface area contributed by atoms with E-state index in [0.29, 0.717) is 26.2 Å². The molecule has 0 aliphatic carbocycles. The molecule has 2 aliphatic rings. The van der Waals surface area contributed by atoms with Gasteiger partial charge in [0.1, 0.15) is 0 Å². The highest BCUT2D eigenvalue weighted by Crippen LogP contribution is 2.16. The summed E-state index contributed by atoms with van der Waals surface area (Å²) in [6, 6.07) is 10.9. The van der Waals surface area contributed by atoms with Crippen LogP contribution in [0.2, 0.25) is 0 Å². The number of rotatable bonds is 6. The van der Waals surface area contributed by atoms with Crippen molar-refractivity contribution in [3.05, 3.63) is 35.9 Å². The SMILES string of the molecule is CCOC(=O)N1CCC(NC(=O)C[NH+]2CCC(Cc3ccccc3)CC2)CC1. The molecule has 2 fully saturated rings. The van der Waals surface area contributed by atoms with Crippen molar-refractivity contribution in [3.63, 3.8) is 0 Å². The molecule has 0 aromatic heterocycles. The zero-order valence-corrected chi connectivity index (χ0v) is 17.0. The van der Waals surface area contributed by atoms with E-state index in [1.165, 1.54) is 23.3 Å². The molecular weight excluding hydrogens is 354 g/mol. The Labute approximate surface area is 168 Å². The van der Waals surface area contributed by atoms with Crippen molar-refractivity contribution in [1.82, 2.24) is 10.2 Å². The Morgan fingerprint density at radius 3 is 2.43 bits per heavy atom. The van der Waals surface area contributed by atoms with Gasteiger partial charge in [-0.25, -0.2) is 4.79 Å².